The minimum absolute atomic E-state index is 0.0760. The summed E-state index contributed by atoms with van der Waals surface area (Å²) in [6.45, 7) is 4.00. The minimum atomic E-state index is -0.746. The van der Waals surface area contributed by atoms with Crippen LogP contribution in [0.2, 0.25) is 0 Å². The highest BCUT2D eigenvalue weighted by molar-refractivity contribution is 5.33. The first-order valence-electron chi connectivity index (χ1n) is 12.9. The molecule has 180 valence electrons. The monoisotopic (exact) mass is 460 g/mol. The molecule has 0 unspecified atom stereocenters. The fraction of sp³-hybridized carbons (Fsp3) is 0.586. The highest BCUT2D eigenvalue weighted by Gasteiger charge is 2.31. The van der Waals surface area contributed by atoms with Crippen LogP contribution in [-0.2, 0) is 6.42 Å². The molecule has 0 aliphatic heterocycles. The van der Waals surface area contributed by atoms with Gasteiger partial charge >= 0.3 is 0 Å². The number of aryl methyl sites for hydroxylation is 1. The summed E-state index contributed by atoms with van der Waals surface area (Å²) in [7, 11) is 0. The van der Waals surface area contributed by atoms with Gasteiger partial charge in [0.15, 0.2) is 23.3 Å². The Morgan fingerprint density at radius 1 is 0.576 bits per heavy atom. The van der Waals surface area contributed by atoms with Crippen LogP contribution in [0.3, 0.4) is 0 Å². The Bertz CT molecular complexity index is 951. The van der Waals surface area contributed by atoms with Gasteiger partial charge in [0.1, 0.15) is 0 Å². The van der Waals surface area contributed by atoms with E-state index in [1.165, 1.54) is 12.8 Å². The molecule has 0 saturated heterocycles. The van der Waals surface area contributed by atoms with E-state index >= 15 is 8.78 Å². The molecule has 0 radical (unpaired) electrons. The Labute approximate surface area is 195 Å². The maximum Gasteiger partial charge on any atom is 0.162 e. The van der Waals surface area contributed by atoms with Gasteiger partial charge in [-0.3, -0.25) is 0 Å². The van der Waals surface area contributed by atoms with E-state index in [-0.39, 0.29) is 17.8 Å². The third-order valence-electron chi connectivity index (χ3n) is 8.31. The fourth-order valence-corrected chi connectivity index (χ4v) is 6.29. The highest BCUT2D eigenvalue weighted by atomic mass is 19.2. The predicted molar refractivity (Wildman–Crippen MR) is 126 cm³/mol. The molecule has 0 heterocycles. The summed E-state index contributed by atoms with van der Waals surface area (Å²) >= 11 is 0. The molecule has 2 aliphatic rings. The van der Waals surface area contributed by atoms with E-state index in [0.717, 1.165) is 31.6 Å². The molecule has 0 aromatic heterocycles. The number of rotatable bonds is 6. The van der Waals surface area contributed by atoms with Crippen molar-refractivity contribution in [1.29, 1.82) is 0 Å². The maximum atomic E-state index is 15.1. The van der Waals surface area contributed by atoms with Crippen LogP contribution < -0.4 is 0 Å². The maximum absolute atomic E-state index is 15.1. The van der Waals surface area contributed by atoms with Crippen molar-refractivity contribution in [3.05, 3.63) is 69.8 Å². The van der Waals surface area contributed by atoms with Crippen molar-refractivity contribution in [3.63, 3.8) is 0 Å². The normalized spacial score (nSPS) is 25.9. The molecule has 2 saturated carbocycles. The third kappa shape index (κ3) is 5.00. The quantitative estimate of drug-likeness (QED) is 0.377. The lowest BCUT2D eigenvalue weighted by molar-refractivity contribution is 0.302. The predicted octanol–water partition coefficient (Wildman–Crippen LogP) is 9.32. The lowest BCUT2D eigenvalue weighted by Gasteiger charge is -2.31. The summed E-state index contributed by atoms with van der Waals surface area (Å²) in [6.07, 6.45) is 9.53. The summed E-state index contributed by atoms with van der Waals surface area (Å²) < 4.78 is 59.0. The van der Waals surface area contributed by atoms with Gasteiger partial charge in [-0.15, -0.1) is 0 Å². The molecular weight excluding hydrogens is 424 g/mol. The van der Waals surface area contributed by atoms with E-state index in [4.69, 9.17) is 0 Å². The zero-order valence-electron chi connectivity index (χ0n) is 19.9. The van der Waals surface area contributed by atoms with Crippen molar-refractivity contribution >= 4 is 0 Å². The molecule has 33 heavy (non-hydrogen) atoms. The SMILES string of the molecule is CCCC1CCC(c2ccc(C3CCC(c4ccc(CC)c(F)c4F)CC3)c(F)c2F)CC1. The Morgan fingerprint density at radius 2 is 0.970 bits per heavy atom. The molecular formula is C29H36F4. The molecule has 2 aromatic rings. The molecule has 4 rings (SSSR count). The molecule has 2 fully saturated rings. The molecule has 0 spiro atoms. The van der Waals surface area contributed by atoms with Crippen molar-refractivity contribution in [1.82, 2.24) is 0 Å². The number of benzene rings is 2. The molecule has 0 atom stereocenters. The molecule has 0 nitrogen and oxygen atoms in total. The van der Waals surface area contributed by atoms with Gasteiger partial charge in [-0.1, -0.05) is 51.0 Å². The second kappa shape index (κ2) is 10.6. The molecule has 0 amide bonds. The van der Waals surface area contributed by atoms with Crippen molar-refractivity contribution in [2.75, 3.05) is 0 Å². The lowest BCUT2D eigenvalue weighted by atomic mass is 9.74. The van der Waals surface area contributed by atoms with Crippen molar-refractivity contribution in [2.45, 2.75) is 102 Å². The second-order valence-electron chi connectivity index (χ2n) is 10.2. The van der Waals surface area contributed by atoms with Gasteiger partial charge in [0.05, 0.1) is 0 Å². The number of hydrogen-bond donors (Lipinski definition) is 0. The Hall–Kier alpha value is -1.84. The Kier molecular flexibility index (Phi) is 7.81. The first-order valence-corrected chi connectivity index (χ1v) is 12.9. The smallest absolute Gasteiger partial charge is 0.162 e. The largest absolute Gasteiger partial charge is 0.203 e. The zero-order chi connectivity index (χ0) is 23.5. The van der Waals surface area contributed by atoms with Crippen LogP contribution in [0.5, 0.6) is 0 Å². The van der Waals surface area contributed by atoms with E-state index in [1.807, 2.05) is 6.07 Å². The Morgan fingerprint density at radius 3 is 1.39 bits per heavy atom. The molecule has 0 N–H and O–H groups in total. The highest BCUT2D eigenvalue weighted by Crippen LogP contribution is 2.44. The minimum Gasteiger partial charge on any atom is -0.203 e. The van der Waals surface area contributed by atoms with Crippen LogP contribution in [0, 0.1) is 29.2 Å². The summed E-state index contributed by atoms with van der Waals surface area (Å²) in [5.41, 5.74) is 1.79. The van der Waals surface area contributed by atoms with Crippen LogP contribution in [0.1, 0.15) is 118 Å². The van der Waals surface area contributed by atoms with E-state index < -0.39 is 23.3 Å². The van der Waals surface area contributed by atoms with Gasteiger partial charge in [0.2, 0.25) is 0 Å². The average molecular weight is 461 g/mol. The van der Waals surface area contributed by atoms with Gasteiger partial charge in [0, 0.05) is 0 Å². The van der Waals surface area contributed by atoms with Crippen LogP contribution >= 0.6 is 0 Å². The molecule has 4 heteroatoms. The number of halogens is 4. The van der Waals surface area contributed by atoms with E-state index in [1.54, 1.807) is 25.1 Å². The summed E-state index contributed by atoms with van der Waals surface area (Å²) in [6, 6.07) is 6.96. The van der Waals surface area contributed by atoms with E-state index in [0.29, 0.717) is 54.4 Å². The topological polar surface area (TPSA) is 0 Å². The van der Waals surface area contributed by atoms with Crippen molar-refractivity contribution < 1.29 is 17.6 Å². The fourth-order valence-electron chi connectivity index (χ4n) is 6.29. The standard InChI is InChI=1S/C29H36F4/c1-3-5-18-6-8-20(9-7-18)24-16-17-25(29(33)28(24)32)22-12-10-21(11-13-22)23-15-14-19(4-2)26(30)27(23)31/h14-18,20-22H,3-13H2,1-2H3. The molecule has 0 bridgehead atoms. The van der Waals surface area contributed by atoms with Gasteiger partial charge < -0.3 is 0 Å². The van der Waals surface area contributed by atoms with Gasteiger partial charge in [-0.2, -0.15) is 0 Å². The van der Waals surface area contributed by atoms with Gasteiger partial charge in [-0.05, 0) is 104 Å². The summed E-state index contributed by atoms with van der Waals surface area (Å²) in [4.78, 5) is 0. The zero-order valence-corrected chi connectivity index (χ0v) is 19.9. The average Bonchev–Trinajstić information content (AvgIpc) is 2.84. The van der Waals surface area contributed by atoms with E-state index in [9.17, 15) is 8.78 Å². The molecule has 2 aliphatic carbocycles. The summed E-state index contributed by atoms with van der Waals surface area (Å²) in [5, 5.41) is 0. The van der Waals surface area contributed by atoms with Crippen LogP contribution in [0.25, 0.3) is 0 Å². The van der Waals surface area contributed by atoms with Gasteiger partial charge in [0.25, 0.3) is 0 Å². The second-order valence-corrected chi connectivity index (χ2v) is 10.2. The first-order chi connectivity index (χ1) is 15.9. The Balaban J connectivity index is 1.43. The lowest BCUT2D eigenvalue weighted by Crippen LogP contribution is -2.17. The molecule has 2 aromatic carbocycles. The van der Waals surface area contributed by atoms with Crippen molar-refractivity contribution in [2.24, 2.45) is 5.92 Å². The number of hydrogen-bond acceptors (Lipinski definition) is 0. The van der Waals surface area contributed by atoms with Crippen LogP contribution in [0.4, 0.5) is 17.6 Å². The summed E-state index contributed by atoms with van der Waals surface area (Å²) in [5.74, 6) is -2.17. The third-order valence-corrected chi connectivity index (χ3v) is 8.31. The van der Waals surface area contributed by atoms with Gasteiger partial charge in [-0.25, -0.2) is 17.6 Å². The van der Waals surface area contributed by atoms with Crippen LogP contribution in [0.15, 0.2) is 24.3 Å². The van der Waals surface area contributed by atoms with Crippen molar-refractivity contribution in [3.8, 4) is 0 Å². The van der Waals surface area contributed by atoms with Crippen LogP contribution in [-0.4, -0.2) is 0 Å². The van der Waals surface area contributed by atoms with E-state index in [2.05, 4.69) is 6.92 Å². The first kappa shape index (κ1) is 24.3.